The van der Waals surface area contributed by atoms with Crippen LogP contribution in [0.2, 0.25) is 0 Å². The maximum atomic E-state index is 2.50. The molecule has 0 aliphatic heterocycles. The zero-order valence-corrected chi connectivity index (χ0v) is 23.5. The summed E-state index contributed by atoms with van der Waals surface area (Å²) in [5.41, 5.74) is 16.4. The van der Waals surface area contributed by atoms with Crippen LogP contribution in [0.25, 0.3) is 28.3 Å². The monoisotopic (exact) mass is 514 g/mol. The van der Waals surface area contributed by atoms with Gasteiger partial charge in [0.15, 0.2) is 0 Å². The Labute approximate surface area is 237 Å². The Bertz CT molecular complexity index is 1860. The summed E-state index contributed by atoms with van der Waals surface area (Å²) >= 11 is 0. The first-order valence-electron chi connectivity index (χ1n) is 14.6. The fourth-order valence-electron chi connectivity index (χ4n) is 6.93. The van der Waals surface area contributed by atoms with Crippen molar-refractivity contribution in [2.24, 2.45) is 0 Å². The maximum absolute atomic E-state index is 2.50. The van der Waals surface area contributed by atoms with Crippen LogP contribution >= 0.6 is 0 Å². The van der Waals surface area contributed by atoms with Gasteiger partial charge in [-0.15, -0.1) is 0 Å². The topological polar surface area (TPSA) is 0 Å². The molecule has 0 spiro atoms. The van der Waals surface area contributed by atoms with Gasteiger partial charge in [-0.3, -0.25) is 0 Å². The minimum Gasteiger partial charge on any atom is -0.0690 e. The van der Waals surface area contributed by atoms with Gasteiger partial charge in [0.1, 0.15) is 0 Å². The normalized spacial score (nSPS) is 14.7. The van der Waals surface area contributed by atoms with Crippen molar-refractivity contribution < 1.29 is 0 Å². The Morgan fingerprint density at radius 1 is 0.650 bits per heavy atom. The molecule has 0 nitrogen and oxygen atoms in total. The van der Waals surface area contributed by atoms with E-state index in [9.17, 15) is 0 Å². The molecule has 0 heteroatoms. The summed E-state index contributed by atoms with van der Waals surface area (Å²) in [5, 5.41) is 2.75. The van der Waals surface area contributed by atoms with E-state index in [4.69, 9.17) is 0 Å². The summed E-state index contributed by atoms with van der Waals surface area (Å²) in [7, 11) is 0. The minimum atomic E-state index is 0.240. The SMILES string of the molecule is CCc1ccc2c(c1)C=c1c-2cc(=C(c2ccccc2)c2ccccc2)c(CC)c1C1C=C(C)c2ccccc21. The summed E-state index contributed by atoms with van der Waals surface area (Å²) in [6, 6.07) is 40.5. The number of hydrogen-bond donors (Lipinski definition) is 0. The first kappa shape index (κ1) is 24.6. The Morgan fingerprint density at radius 3 is 2.00 bits per heavy atom. The van der Waals surface area contributed by atoms with Gasteiger partial charge in [-0.05, 0) is 109 Å². The van der Waals surface area contributed by atoms with Crippen LogP contribution in [-0.2, 0) is 12.8 Å². The van der Waals surface area contributed by atoms with E-state index in [0.717, 1.165) is 12.8 Å². The number of fused-ring (bicyclic) bond motifs is 4. The highest BCUT2D eigenvalue weighted by molar-refractivity contribution is 5.88. The molecule has 0 saturated heterocycles. The zero-order valence-electron chi connectivity index (χ0n) is 23.5. The molecule has 2 aliphatic rings. The second kappa shape index (κ2) is 9.96. The van der Waals surface area contributed by atoms with Crippen LogP contribution in [0.4, 0.5) is 0 Å². The first-order chi connectivity index (χ1) is 19.7. The van der Waals surface area contributed by atoms with Gasteiger partial charge >= 0.3 is 0 Å². The Morgan fingerprint density at radius 2 is 1.32 bits per heavy atom. The van der Waals surface area contributed by atoms with Crippen molar-refractivity contribution in [2.75, 3.05) is 0 Å². The third-order valence-electron chi connectivity index (χ3n) is 8.83. The van der Waals surface area contributed by atoms with Crippen LogP contribution in [0.15, 0.2) is 115 Å². The molecule has 5 aromatic rings. The van der Waals surface area contributed by atoms with E-state index in [1.54, 1.807) is 0 Å². The molecule has 0 radical (unpaired) electrons. The fourth-order valence-corrected chi connectivity index (χ4v) is 6.93. The molecule has 0 saturated carbocycles. The van der Waals surface area contributed by atoms with Crippen LogP contribution in [0, 0.1) is 0 Å². The lowest BCUT2D eigenvalue weighted by Gasteiger charge is -2.21. The zero-order chi connectivity index (χ0) is 27.2. The van der Waals surface area contributed by atoms with E-state index in [2.05, 4.69) is 142 Å². The number of allylic oxidation sites excluding steroid dienone is 2. The third-order valence-corrected chi connectivity index (χ3v) is 8.83. The summed E-state index contributed by atoms with van der Waals surface area (Å²) < 4.78 is 0. The van der Waals surface area contributed by atoms with Crippen LogP contribution in [-0.4, -0.2) is 0 Å². The van der Waals surface area contributed by atoms with Crippen LogP contribution in [0.5, 0.6) is 0 Å². The van der Waals surface area contributed by atoms with E-state index in [1.165, 1.54) is 77.2 Å². The molecule has 0 N–H and O–H groups in total. The Kier molecular flexibility index (Phi) is 6.13. The summed E-state index contributed by atoms with van der Waals surface area (Å²) in [6.07, 6.45) is 6.99. The molecule has 1 atom stereocenters. The minimum absolute atomic E-state index is 0.240. The molecule has 5 aromatic carbocycles. The van der Waals surface area contributed by atoms with Gasteiger partial charge < -0.3 is 0 Å². The third kappa shape index (κ3) is 3.90. The van der Waals surface area contributed by atoms with E-state index in [1.807, 2.05) is 0 Å². The molecule has 0 heterocycles. The van der Waals surface area contributed by atoms with Gasteiger partial charge in [0.05, 0.1) is 0 Å². The molecule has 7 rings (SSSR count). The molecule has 40 heavy (non-hydrogen) atoms. The average molecular weight is 515 g/mol. The number of benzene rings is 5. The van der Waals surface area contributed by atoms with E-state index in [0.29, 0.717) is 0 Å². The highest BCUT2D eigenvalue weighted by atomic mass is 14.3. The summed E-state index contributed by atoms with van der Waals surface area (Å²) in [5.74, 6) is 0.240. The highest BCUT2D eigenvalue weighted by Gasteiger charge is 2.29. The Balaban J connectivity index is 1.66. The van der Waals surface area contributed by atoms with E-state index >= 15 is 0 Å². The maximum Gasteiger partial charge on any atom is 0.0290 e. The van der Waals surface area contributed by atoms with Gasteiger partial charge in [-0.25, -0.2) is 0 Å². The lowest BCUT2D eigenvalue weighted by atomic mass is 9.82. The molecular weight excluding hydrogens is 480 g/mol. The van der Waals surface area contributed by atoms with Gasteiger partial charge in [0, 0.05) is 5.92 Å². The number of hydrogen-bond acceptors (Lipinski definition) is 0. The van der Waals surface area contributed by atoms with Crippen molar-refractivity contribution in [3.05, 3.63) is 170 Å². The highest BCUT2D eigenvalue weighted by Crippen LogP contribution is 2.41. The van der Waals surface area contributed by atoms with Gasteiger partial charge in [-0.1, -0.05) is 123 Å². The molecule has 0 fully saturated rings. The van der Waals surface area contributed by atoms with Gasteiger partial charge in [0.2, 0.25) is 0 Å². The van der Waals surface area contributed by atoms with Gasteiger partial charge in [0.25, 0.3) is 0 Å². The van der Waals surface area contributed by atoms with Crippen LogP contribution in [0.1, 0.15) is 71.2 Å². The number of aryl methyl sites for hydroxylation is 1. The Hall–Kier alpha value is -4.42. The van der Waals surface area contributed by atoms with Crippen molar-refractivity contribution in [1.82, 2.24) is 0 Å². The average Bonchev–Trinajstić information content (AvgIpc) is 3.54. The smallest absolute Gasteiger partial charge is 0.0290 e. The molecule has 194 valence electrons. The van der Waals surface area contributed by atoms with Gasteiger partial charge in [-0.2, -0.15) is 0 Å². The molecule has 2 aliphatic carbocycles. The molecule has 0 aromatic heterocycles. The molecule has 0 amide bonds. The quantitative estimate of drug-likeness (QED) is 0.217. The van der Waals surface area contributed by atoms with E-state index in [-0.39, 0.29) is 5.92 Å². The molecule has 1 unspecified atom stereocenters. The second-order valence-corrected chi connectivity index (χ2v) is 11.1. The van der Waals surface area contributed by atoms with Crippen molar-refractivity contribution >= 4 is 17.2 Å². The lowest BCUT2D eigenvalue weighted by molar-refractivity contribution is 0.967. The molecule has 0 bridgehead atoms. The van der Waals surface area contributed by atoms with Crippen LogP contribution < -0.4 is 10.4 Å². The van der Waals surface area contributed by atoms with Crippen molar-refractivity contribution in [1.29, 1.82) is 0 Å². The first-order valence-corrected chi connectivity index (χ1v) is 14.6. The fraction of sp³-hybridized carbons (Fsp3) is 0.150. The predicted molar refractivity (Wildman–Crippen MR) is 170 cm³/mol. The summed E-state index contributed by atoms with van der Waals surface area (Å²) in [4.78, 5) is 0. The van der Waals surface area contributed by atoms with Crippen LogP contribution in [0.3, 0.4) is 0 Å². The molecular formula is C40H34. The summed E-state index contributed by atoms with van der Waals surface area (Å²) in [6.45, 7) is 6.84. The van der Waals surface area contributed by atoms with Crippen molar-refractivity contribution in [3.8, 4) is 11.1 Å². The van der Waals surface area contributed by atoms with Crippen molar-refractivity contribution in [2.45, 2.75) is 39.5 Å². The second-order valence-electron chi connectivity index (χ2n) is 11.1. The predicted octanol–water partition coefficient (Wildman–Crippen LogP) is 8.42. The largest absolute Gasteiger partial charge is 0.0690 e. The lowest BCUT2D eigenvalue weighted by Crippen LogP contribution is -2.27. The number of rotatable bonds is 5. The van der Waals surface area contributed by atoms with Crippen molar-refractivity contribution in [3.63, 3.8) is 0 Å². The standard InChI is InChI=1S/C40H34/c1-4-27-20-21-33-30(23-27)24-37-35(33)25-38(39(28-14-8-6-9-15-28)29-16-10-7-11-17-29)31(5-2)40(37)36-22-26(3)32-18-12-13-19-34(32)36/h6-25,36H,4-5H2,1-3H3. The van der Waals surface area contributed by atoms with E-state index < -0.39 is 0 Å².